The van der Waals surface area contributed by atoms with Crippen molar-refractivity contribution in [3.63, 3.8) is 0 Å². The van der Waals surface area contributed by atoms with Crippen molar-refractivity contribution in [2.75, 3.05) is 19.8 Å². The van der Waals surface area contributed by atoms with E-state index in [2.05, 4.69) is 33.8 Å². The van der Waals surface area contributed by atoms with E-state index in [0.29, 0.717) is 48.3 Å². The van der Waals surface area contributed by atoms with E-state index in [9.17, 15) is 46.0 Å². The van der Waals surface area contributed by atoms with Crippen molar-refractivity contribution in [1.29, 1.82) is 0 Å². The van der Waals surface area contributed by atoms with E-state index in [0.717, 1.165) is 51.6 Å². The van der Waals surface area contributed by atoms with Gasteiger partial charge in [-0.15, -0.1) is 0 Å². The summed E-state index contributed by atoms with van der Waals surface area (Å²) < 4.78 is 49.9. The fourth-order valence-electron chi connectivity index (χ4n) is 14.0. The molecule has 5 aliphatic heterocycles. The molecule has 0 aromatic rings. The van der Waals surface area contributed by atoms with Gasteiger partial charge in [0.25, 0.3) is 0 Å². The largest absolute Gasteiger partial charge is 0.394 e. The molecule has 0 unspecified atom stereocenters. The average molecular weight is 885 g/mol. The fraction of sp³-hybridized carbons (Fsp3) is 0.956. The number of aliphatic hydroxyl groups is 9. The van der Waals surface area contributed by atoms with Gasteiger partial charge in [0, 0.05) is 12.3 Å². The Morgan fingerprint density at radius 2 is 1.35 bits per heavy atom. The van der Waals surface area contributed by atoms with Crippen molar-refractivity contribution < 1.29 is 83.9 Å². The molecular weight excluding hydrogens is 812 g/mol. The number of allylic oxidation sites excluding steroid dienone is 1. The highest BCUT2D eigenvalue weighted by atomic mass is 16.8. The predicted molar refractivity (Wildman–Crippen MR) is 214 cm³/mol. The van der Waals surface area contributed by atoms with Crippen molar-refractivity contribution >= 4 is 0 Å². The summed E-state index contributed by atoms with van der Waals surface area (Å²) in [5.74, 6) is 2.56. The average Bonchev–Trinajstić information content (AvgIpc) is 3.70. The zero-order valence-corrected chi connectivity index (χ0v) is 36.6. The lowest BCUT2D eigenvalue weighted by molar-refractivity contribution is -0.389. The summed E-state index contributed by atoms with van der Waals surface area (Å²) in [7, 11) is 0. The van der Waals surface area contributed by atoms with Crippen molar-refractivity contribution in [3.05, 3.63) is 11.6 Å². The van der Waals surface area contributed by atoms with Gasteiger partial charge in [-0.2, -0.15) is 0 Å². The van der Waals surface area contributed by atoms with Crippen LogP contribution in [0, 0.1) is 46.3 Å². The molecule has 17 heteroatoms. The first-order valence-corrected chi connectivity index (χ1v) is 23.4. The summed E-state index contributed by atoms with van der Waals surface area (Å²) >= 11 is 0. The molecule has 4 aliphatic carbocycles. The summed E-state index contributed by atoms with van der Waals surface area (Å²) in [6, 6.07) is 0. The molecular formula is C45H72O17. The number of ether oxygens (including phenoxy) is 8. The Balaban J connectivity index is 0.917. The molecule has 17 nitrogen and oxygen atoms in total. The molecule has 0 bridgehead atoms. The van der Waals surface area contributed by atoms with Crippen LogP contribution in [0.4, 0.5) is 0 Å². The van der Waals surface area contributed by atoms with Crippen LogP contribution in [0.1, 0.15) is 92.4 Å². The number of fused-ring (bicyclic) bond motifs is 7. The third-order valence-corrected chi connectivity index (χ3v) is 17.7. The molecule has 5 heterocycles. The van der Waals surface area contributed by atoms with Gasteiger partial charge in [-0.05, 0) is 98.7 Å². The van der Waals surface area contributed by atoms with Crippen LogP contribution in [0.3, 0.4) is 0 Å². The monoisotopic (exact) mass is 884 g/mol. The van der Waals surface area contributed by atoms with Gasteiger partial charge in [-0.1, -0.05) is 39.3 Å². The molecule has 8 fully saturated rings. The first-order chi connectivity index (χ1) is 29.4. The minimum Gasteiger partial charge on any atom is -0.394 e. The Labute approximate surface area is 363 Å². The Morgan fingerprint density at radius 3 is 2.05 bits per heavy atom. The van der Waals surface area contributed by atoms with Crippen LogP contribution in [-0.4, -0.2) is 176 Å². The van der Waals surface area contributed by atoms with Crippen LogP contribution in [-0.2, 0) is 37.9 Å². The van der Waals surface area contributed by atoms with Crippen molar-refractivity contribution in [1.82, 2.24) is 0 Å². The molecule has 0 radical (unpaired) electrons. The Bertz CT molecular complexity index is 1610. The van der Waals surface area contributed by atoms with Crippen molar-refractivity contribution in [2.45, 2.75) is 203 Å². The number of aliphatic hydroxyl groups excluding tert-OH is 9. The predicted octanol–water partition coefficient (Wildman–Crippen LogP) is 0.214. The van der Waals surface area contributed by atoms with Crippen LogP contribution in [0.15, 0.2) is 11.6 Å². The highest BCUT2D eigenvalue weighted by molar-refractivity contribution is 5.26. The zero-order valence-electron chi connectivity index (χ0n) is 36.6. The third kappa shape index (κ3) is 7.49. The van der Waals surface area contributed by atoms with Gasteiger partial charge in [-0.25, -0.2) is 0 Å². The lowest BCUT2D eigenvalue weighted by Crippen LogP contribution is -2.67. The van der Waals surface area contributed by atoms with Crippen LogP contribution in [0.2, 0.25) is 0 Å². The lowest BCUT2D eigenvalue weighted by atomic mass is 9.47. The SMILES string of the molecule is C[C@H]1CC[C@@]2(OC1)O[C@H]1C[C@H]3[C@@H]4CC=C5C[C@@H](O[C@@H]6O[C@H](CO)[C@@H](O[C@@H]7O[C@H](CO)[C@@H](O)[C@H](O)[C@H]7O)[C@H](O)[C@H]6O[C@@H]6O[C@@H](C)[C@H](O)[C@@H](O)[C@H]6O)CC[C@]5(C)[C@H]4CC[C@]3(C)[C@H]1[C@@H]2C. The van der Waals surface area contributed by atoms with Gasteiger partial charge < -0.3 is 83.9 Å². The van der Waals surface area contributed by atoms with Crippen LogP contribution in [0.25, 0.3) is 0 Å². The summed E-state index contributed by atoms with van der Waals surface area (Å²) in [4.78, 5) is 0. The standard InChI is InChI=1S/C45H72O17/c1-19-8-13-45(55-18-19)20(2)30-27(62-45)15-26-24-7-6-22-14-23(9-11-43(22,4)25(24)10-12-44(26,30)5)57-42-39(61-40-35(52)33(50)31(48)21(3)56-40)37(54)38(29(17-47)59-42)60-41-36(53)34(51)32(49)28(16-46)58-41/h6,19-21,23-42,46-54H,7-18H2,1-5H3/t19-,20-,21-,23-,24+,25-,26-,27-,28+,29+,30-,31-,32+,33+,34-,35+,36+,37-,38+,39+,40-,41-,42+,43-,44-,45+/m0/s1. The lowest BCUT2D eigenvalue weighted by Gasteiger charge is -2.58. The second kappa shape index (κ2) is 17.3. The quantitative estimate of drug-likeness (QED) is 0.148. The number of hydrogen-bond acceptors (Lipinski definition) is 17. The van der Waals surface area contributed by atoms with E-state index in [1.54, 1.807) is 0 Å². The fourth-order valence-corrected chi connectivity index (χ4v) is 14.0. The van der Waals surface area contributed by atoms with Crippen LogP contribution >= 0.6 is 0 Å². The molecule has 1 spiro atoms. The van der Waals surface area contributed by atoms with Gasteiger partial charge in [0.05, 0.1) is 38.1 Å². The van der Waals surface area contributed by atoms with E-state index < -0.39 is 111 Å². The summed E-state index contributed by atoms with van der Waals surface area (Å²) in [6.45, 7) is 10.4. The molecule has 0 aromatic carbocycles. The molecule has 9 N–H and O–H groups in total. The highest BCUT2D eigenvalue weighted by Crippen LogP contribution is 2.70. The molecule has 62 heavy (non-hydrogen) atoms. The molecule has 0 aromatic heterocycles. The van der Waals surface area contributed by atoms with Crippen LogP contribution in [0.5, 0.6) is 0 Å². The molecule has 3 saturated carbocycles. The van der Waals surface area contributed by atoms with Gasteiger partial charge in [0.1, 0.15) is 67.1 Å². The number of rotatable bonds is 8. The Morgan fingerprint density at radius 1 is 0.677 bits per heavy atom. The van der Waals surface area contributed by atoms with Crippen molar-refractivity contribution in [3.8, 4) is 0 Å². The molecule has 354 valence electrons. The molecule has 5 saturated heterocycles. The maximum Gasteiger partial charge on any atom is 0.187 e. The Hall–Kier alpha value is -0.940. The van der Waals surface area contributed by atoms with Crippen molar-refractivity contribution in [2.24, 2.45) is 46.3 Å². The highest BCUT2D eigenvalue weighted by Gasteiger charge is 2.69. The van der Waals surface area contributed by atoms with E-state index in [4.69, 9.17) is 37.9 Å². The first kappa shape index (κ1) is 46.2. The molecule has 26 atom stereocenters. The van der Waals surface area contributed by atoms with E-state index in [-0.39, 0.29) is 23.0 Å². The smallest absolute Gasteiger partial charge is 0.187 e. The Kier molecular flexibility index (Phi) is 12.9. The summed E-state index contributed by atoms with van der Waals surface area (Å²) in [6.07, 6.45) is -12.0. The first-order valence-electron chi connectivity index (χ1n) is 23.4. The van der Waals surface area contributed by atoms with E-state index in [1.165, 1.54) is 12.5 Å². The number of hydrogen-bond donors (Lipinski definition) is 9. The maximum absolute atomic E-state index is 12.0. The third-order valence-electron chi connectivity index (χ3n) is 17.7. The minimum absolute atomic E-state index is 0.0356. The van der Waals surface area contributed by atoms with E-state index in [1.807, 2.05) is 0 Å². The van der Waals surface area contributed by atoms with Gasteiger partial charge >= 0.3 is 0 Å². The zero-order chi connectivity index (χ0) is 44.2. The molecule has 9 aliphatic rings. The molecule has 0 amide bonds. The summed E-state index contributed by atoms with van der Waals surface area (Å²) in [5.41, 5.74) is 1.48. The second-order valence-electron chi connectivity index (χ2n) is 21.1. The van der Waals surface area contributed by atoms with Crippen LogP contribution < -0.4 is 0 Å². The topological polar surface area (TPSA) is 256 Å². The normalized spacial score (nSPS) is 57.6. The van der Waals surface area contributed by atoms with Gasteiger partial charge in [0.15, 0.2) is 24.7 Å². The van der Waals surface area contributed by atoms with E-state index >= 15 is 0 Å². The minimum atomic E-state index is -1.82. The van der Waals surface area contributed by atoms with Gasteiger partial charge in [-0.3, -0.25) is 0 Å². The van der Waals surface area contributed by atoms with Gasteiger partial charge in [0.2, 0.25) is 0 Å². The molecule has 9 rings (SSSR count). The summed E-state index contributed by atoms with van der Waals surface area (Å²) in [5, 5.41) is 95.7. The maximum atomic E-state index is 12.0. The second-order valence-corrected chi connectivity index (χ2v) is 21.1.